The summed E-state index contributed by atoms with van der Waals surface area (Å²) < 4.78 is 6.43. The van der Waals surface area contributed by atoms with E-state index in [0.29, 0.717) is 0 Å². The van der Waals surface area contributed by atoms with Crippen LogP contribution in [0.15, 0.2) is 12.1 Å². The molecule has 0 amide bonds. The monoisotopic (exact) mass is 292 g/mol. The largest absolute Gasteiger partial charge is 0.543 e. The van der Waals surface area contributed by atoms with Crippen molar-refractivity contribution in [3.05, 3.63) is 28.8 Å². The summed E-state index contributed by atoms with van der Waals surface area (Å²) in [6.07, 6.45) is 3.71. The van der Waals surface area contributed by atoms with Gasteiger partial charge in [-0.3, -0.25) is 0 Å². The molecule has 1 rings (SSSR count). The number of hydrogen-bond donors (Lipinski definition) is 0. The Labute approximate surface area is 126 Å². The van der Waals surface area contributed by atoms with Gasteiger partial charge < -0.3 is 4.43 Å². The van der Waals surface area contributed by atoms with E-state index >= 15 is 0 Å². The number of rotatable bonds is 5. The van der Waals surface area contributed by atoms with Gasteiger partial charge in [-0.2, -0.15) is 0 Å². The second-order valence-corrected chi connectivity index (χ2v) is 12.2. The molecule has 1 aromatic carbocycles. The Morgan fingerprint density at radius 1 is 1.05 bits per heavy atom. The van der Waals surface area contributed by atoms with Crippen molar-refractivity contribution >= 4 is 8.32 Å². The van der Waals surface area contributed by atoms with Crippen molar-refractivity contribution in [1.29, 1.82) is 0 Å². The molecule has 0 N–H and O–H groups in total. The van der Waals surface area contributed by atoms with Crippen molar-refractivity contribution in [1.82, 2.24) is 0 Å². The lowest BCUT2D eigenvalue weighted by atomic mass is 9.98. The maximum absolute atomic E-state index is 6.43. The van der Waals surface area contributed by atoms with Crippen molar-refractivity contribution in [2.45, 2.75) is 78.9 Å². The summed E-state index contributed by atoms with van der Waals surface area (Å²) >= 11 is 0. The molecule has 0 saturated heterocycles. The first kappa shape index (κ1) is 17.3. The molecule has 0 aromatic heterocycles. The quantitative estimate of drug-likeness (QED) is 0.602. The molecule has 0 atom stereocenters. The molecule has 0 radical (unpaired) electrons. The zero-order valence-corrected chi connectivity index (χ0v) is 15.7. The molecule has 20 heavy (non-hydrogen) atoms. The summed E-state index contributed by atoms with van der Waals surface area (Å²) in [5.41, 5.74) is 4.27. The minimum atomic E-state index is -1.73. The van der Waals surface area contributed by atoms with Gasteiger partial charge in [0.15, 0.2) is 0 Å². The fourth-order valence-electron chi connectivity index (χ4n) is 2.21. The number of aryl methyl sites for hydroxylation is 2. The van der Waals surface area contributed by atoms with Gasteiger partial charge in [-0.1, -0.05) is 34.1 Å². The smallest absolute Gasteiger partial charge is 0.250 e. The van der Waals surface area contributed by atoms with Gasteiger partial charge in [0.1, 0.15) is 5.75 Å². The summed E-state index contributed by atoms with van der Waals surface area (Å²) in [5, 5.41) is 0.246. The summed E-state index contributed by atoms with van der Waals surface area (Å²) in [5.74, 6) is 1.06. The van der Waals surface area contributed by atoms with E-state index in [1.807, 2.05) is 0 Å². The minimum Gasteiger partial charge on any atom is -0.543 e. The molecule has 0 spiro atoms. The molecule has 1 aromatic rings. The average Bonchev–Trinajstić information content (AvgIpc) is 2.25. The van der Waals surface area contributed by atoms with Crippen LogP contribution in [-0.2, 0) is 6.42 Å². The molecular weight excluding hydrogens is 260 g/mol. The molecule has 0 saturated carbocycles. The normalized spacial score (nSPS) is 12.6. The van der Waals surface area contributed by atoms with Crippen molar-refractivity contribution in [3.63, 3.8) is 0 Å². The third kappa shape index (κ3) is 4.11. The molecule has 114 valence electrons. The Bertz CT molecular complexity index is 432. The van der Waals surface area contributed by atoms with E-state index in [0.717, 1.165) is 5.75 Å². The topological polar surface area (TPSA) is 9.23 Å². The zero-order valence-electron chi connectivity index (χ0n) is 14.7. The third-order valence-corrected chi connectivity index (χ3v) is 8.99. The van der Waals surface area contributed by atoms with Crippen molar-refractivity contribution in [2.24, 2.45) is 0 Å². The highest BCUT2D eigenvalue weighted by Crippen LogP contribution is 2.38. The van der Waals surface area contributed by atoms with E-state index in [2.05, 4.69) is 66.8 Å². The van der Waals surface area contributed by atoms with Crippen LogP contribution in [0.5, 0.6) is 5.75 Å². The van der Waals surface area contributed by atoms with Gasteiger partial charge >= 0.3 is 0 Å². The maximum Gasteiger partial charge on any atom is 0.250 e. The van der Waals surface area contributed by atoms with E-state index in [4.69, 9.17) is 4.43 Å². The molecule has 0 heterocycles. The Kier molecular flexibility index (Phi) is 5.48. The molecular formula is C18H32OSi. The van der Waals surface area contributed by atoms with E-state index in [9.17, 15) is 0 Å². The van der Waals surface area contributed by atoms with E-state index in [1.165, 1.54) is 36.0 Å². The van der Waals surface area contributed by atoms with E-state index in [-0.39, 0.29) is 5.04 Å². The minimum absolute atomic E-state index is 0.246. The fraction of sp³-hybridized carbons (Fsp3) is 0.667. The molecule has 0 unspecified atom stereocenters. The summed E-state index contributed by atoms with van der Waals surface area (Å²) in [7, 11) is -1.73. The van der Waals surface area contributed by atoms with E-state index in [1.54, 1.807) is 0 Å². The lowest BCUT2D eigenvalue weighted by molar-refractivity contribution is 0.491. The second kappa shape index (κ2) is 6.34. The van der Waals surface area contributed by atoms with Gasteiger partial charge in [-0.15, -0.1) is 0 Å². The fourth-order valence-corrected chi connectivity index (χ4v) is 3.22. The predicted molar refractivity (Wildman–Crippen MR) is 92.4 cm³/mol. The Morgan fingerprint density at radius 2 is 1.55 bits per heavy atom. The SMILES string of the molecule is CCCCc1c(C)cc(O[Si](C)(C)C(C)(C)C)cc1C. The van der Waals surface area contributed by atoms with Gasteiger partial charge in [-0.05, 0) is 73.6 Å². The van der Waals surface area contributed by atoms with Crippen LogP contribution in [0, 0.1) is 13.8 Å². The van der Waals surface area contributed by atoms with Crippen LogP contribution in [-0.4, -0.2) is 8.32 Å². The van der Waals surface area contributed by atoms with Gasteiger partial charge in [0, 0.05) is 0 Å². The third-order valence-electron chi connectivity index (χ3n) is 4.63. The summed E-state index contributed by atoms with van der Waals surface area (Å²) in [4.78, 5) is 0. The maximum atomic E-state index is 6.43. The summed E-state index contributed by atoms with van der Waals surface area (Å²) in [6.45, 7) is 18.2. The van der Waals surface area contributed by atoms with Gasteiger partial charge in [0.05, 0.1) is 0 Å². The lowest BCUT2D eigenvalue weighted by Gasteiger charge is -2.36. The van der Waals surface area contributed by atoms with E-state index < -0.39 is 8.32 Å². The van der Waals surface area contributed by atoms with Crippen LogP contribution in [0.1, 0.15) is 57.2 Å². The zero-order chi connectivity index (χ0) is 15.6. The molecule has 0 aliphatic heterocycles. The standard InChI is InChI=1S/C18H32OSi/c1-9-10-11-17-14(2)12-16(13-15(17)3)19-20(7,8)18(4,5)6/h12-13H,9-11H2,1-8H3. The highest BCUT2D eigenvalue weighted by molar-refractivity contribution is 6.74. The van der Waals surface area contributed by atoms with Crippen LogP contribution in [0.4, 0.5) is 0 Å². The average molecular weight is 293 g/mol. The Balaban J connectivity index is 3.00. The molecule has 0 aliphatic carbocycles. The van der Waals surface area contributed by atoms with Crippen LogP contribution in [0.25, 0.3) is 0 Å². The summed E-state index contributed by atoms with van der Waals surface area (Å²) in [6, 6.07) is 4.47. The van der Waals surface area contributed by atoms with Crippen LogP contribution in [0.2, 0.25) is 18.1 Å². The predicted octanol–water partition coefficient (Wildman–Crippen LogP) is 6.03. The molecule has 2 heteroatoms. The van der Waals surface area contributed by atoms with Crippen molar-refractivity contribution in [2.75, 3.05) is 0 Å². The number of hydrogen-bond acceptors (Lipinski definition) is 1. The van der Waals surface area contributed by atoms with Gasteiger partial charge in [0.25, 0.3) is 0 Å². The van der Waals surface area contributed by atoms with Crippen molar-refractivity contribution < 1.29 is 4.43 Å². The number of benzene rings is 1. The van der Waals surface area contributed by atoms with Crippen LogP contribution < -0.4 is 4.43 Å². The van der Waals surface area contributed by atoms with Gasteiger partial charge in [-0.25, -0.2) is 0 Å². The van der Waals surface area contributed by atoms with Gasteiger partial charge in [0.2, 0.25) is 8.32 Å². The highest BCUT2D eigenvalue weighted by Gasteiger charge is 2.39. The first-order valence-corrected chi connectivity index (χ1v) is 10.8. The highest BCUT2D eigenvalue weighted by atomic mass is 28.4. The first-order valence-electron chi connectivity index (χ1n) is 7.87. The molecule has 0 aliphatic rings. The van der Waals surface area contributed by atoms with Crippen LogP contribution in [0.3, 0.4) is 0 Å². The lowest BCUT2D eigenvalue weighted by Crippen LogP contribution is -2.43. The van der Waals surface area contributed by atoms with Crippen molar-refractivity contribution in [3.8, 4) is 5.75 Å². The molecule has 1 nitrogen and oxygen atoms in total. The second-order valence-electron chi connectivity index (χ2n) is 7.50. The van der Waals surface area contributed by atoms with Crippen LogP contribution >= 0.6 is 0 Å². The first-order chi connectivity index (χ1) is 9.08. The molecule has 0 bridgehead atoms. The Morgan fingerprint density at radius 3 is 1.95 bits per heavy atom. The number of unbranched alkanes of at least 4 members (excludes halogenated alkanes) is 1. The molecule has 0 fully saturated rings. The Hall–Kier alpha value is -0.763.